The van der Waals surface area contributed by atoms with E-state index >= 15 is 0 Å². The highest BCUT2D eigenvalue weighted by Gasteiger charge is 2.38. The molecule has 7 heteroatoms. The van der Waals surface area contributed by atoms with Crippen molar-refractivity contribution < 1.29 is 19.2 Å². The lowest BCUT2D eigenvalue weighted by molar-refractivity contribution is -0.167. The van der Waals surface area contributed by atoms with Crippen LogP contribution in [0.3, 0.4) is 0 Å². The van der Waals surface area contributed by atoms with E-state index < -0.39 is 17.8 Å². The number of amides is 2. The quantitative estimate of drug-likeness (QED) is 0.742. The molecule has 2 amide bonds. The summed E-state index contributed by atoms with van der Waals surface area (Å²) in [5, 5.41) is 1.53. The Hall–Kier alpha value is -2.54. The average Bonchev–Trinajstić information content (AvgIpc) is 3.06. The Morgan fingerprint density at radius 2 is 1.84 bits per heavy atom. The molecule has 3 rings (SSSR count). The number of rotatable bonds is 6. The predicted octanol–water partition coefficient (Wildman–Crippen LogP) is 3.09. The van der Waals surface area contributed by atoms with Crippen LogP contribution in [0.25, 0.3) is 0 Å². The molecular formula is C18H18N2O4S. The smallest absolute Gasteiger partial charge is 0.329 e. The first-order valence-corrected chi connectivity index (χ1v) is 8.96. The van der Waals surface area contributed by atoms with E-state index in [1.807, 2.05) is 6.92 Å². The highest BCUT2D eigenvalue weighted by atomic mass is 32.1. The summed E-state index contributed by atoms with van der Waals surface area (Å²) in [5.74, 6) is -1.87. The topological polar surface area (TPSA) is 76.6 Å². The van der Waals surface area contributed by atoms with Gasteiger partial charge < -0.3 is 4.84 Å². The van der Waals surface area contributed by atoms with Gasteiger partial charge in [0.25, 0.3) is 11.8 Å². The van der Waals surface area contributed by atoms with E-state index in [-0.39, 0.29) is 17.5 Å². The number of imide groups is 1. The highest BCUT2D eigenvalue weighted by Crippen LogP contribution is 2.24. The minimum atomic E-state index is -0.650. The van der Waals surface area contributed by atoms with Gasteiger partial charge in [-0.1, -0.05) is 30.5 Å². The molecule has 0 saturated carbocycles. The number of thiazole rings is 1. The lowest BCUT2D eigenvalue weighted by Crippen LogP contribution is -2.33. The van der Waals surface area contributed by atoms with Crippen molar-refractivity contribution >= 4 is 29.1 Å². The lowest BCUT2D eigenvalue weighted by Gasteiger charge is -2.12. The van der Waals surface area contributed by atoms with Crippen molar-refractivity contribution in [3.8, 4) is 0 Å². The van der Waals surface area contributed by atoms with E-state index in [2.05, 4.69) is 11.9 Å². The number of nitrogens with zero attached hydrogens (tertiary/aromatic N) is 2. The standard InChI is InChI=1S/C18H18N2O4S/c1-3-4-9-15-19-11(2)14(25-15)10-16(21)24-20-17(22)12-7-5-6-8-13(12)18(20)23/h5-8H,3-4,9-10H2,1-2H3. The van der Waals surface area contributed by atoms with Crippen LogP contribution in [-0.4, -0.2) is 27.8 Å². The van der Waals surface area contributed by atoms with Crippen molar-refractivity contribution in [1.29, 1.82) is 0 Å². The minimum absolute atomic E-state index is 0.0109. The summed E-state index contributed by atoms with van der Waals surface area (Å²) in [5.41, 5.74) is 1.28. The second-order valence-corrected chi connectivity index (χ2v) is 6.98. The van der Waals surface area contributed by atoms with Gasteiger partial charge in [-0.15, -0.1) is 11.3 Å². The van der Waals surface area contributed by atoms with Gasteiger partial charge in [0.15, 0.2) is 0 Å². The molecule has 1 aromatic heterocycles. The summed E-state index contributed by atoms with van der Waals surface area (Å²) < 4.78 is 0. The molecule has 0 aliphatic carbocycles. The van der Waals surface area contributed by atoms with E-state index in [0.717, 1.165) is 34.8 Å². The van der Waals surface area contributed by atoms with Gasteiger partial charge >= 0.3 is 5.97 Å². The number of benzene rings is 1. The van der Waals surface area contributed by atoms with E-state index in [4.69, 9.17) is 4.84 Å². The first kappa shape index (κ1) is 17.3. The number of unbranched alkanes of at least 4 members (excludes halogenated alkanes) is 1. The largest absolute Gasteiger partial charge is 0.338 e. The Balaban J connectivity index is 1.67. The zero-order chi connectivity index (χ0) is 18.0. The Morgan fingerprint density at radius 1 is 1.20 bits per heavy atom. The zero-order valence-corrected chi connectivity index (χ0v) is 14.9. The van der Waals surface area contributed by atoms with Gasteiger partial charge in [-0.2, -0.15) is 0 Å². The molecule has 0 saturated heterocycles. The van der Waals surface area contributed by atoms with Crippen LogP contribution in [0.1, 0.15) is 56.1 Å². The van der Waals surface area contributed by atoms with Crippen molar-refractivity contribution in [3.63, 3.8) is 0 Å². The molecule has 1 aliphatic heterocycles. The minimum Gasteiger partial charge on any atom is -0.329 e. The Morgan fingerprint density at radius 3 is 2.44 bits per heavy atom. The van der Waals surface area contributed by atoms with Gasteiger partial charge in [-0.3, -0.25) is 9.59 Å². The number of fused-ring (bicyclic) bond motifs is 1. The van der Waals surface area contributed by atoms with Crippen molar-refractivity contribution in [2.45, 2.75) is 39.5 Å². The van der Waals surface area contributed by atoms with Gasteiger partial charge in [0.2, 0.25) is 0 Å². The molecule has 0 radical (unpaired) electrons. The van der Waals surface area contributed by atoms with E-state index in [1.165, 1.54) is 23.5 Å². The number of hydroxylamine groups is 2. The summed E-state index contributed by atoms with van der Waals surface area (Å²) in [7, 11) is 0. The van der Waals surface area contributed by atoms with Crippen LogP contribution < -0.4 is 0 Å². The van der Waals surface area contributed by atoms with Crippen molar-refractivity contribution in [2.24, 2.45) is 0 Å². The summed E-state index contributed by atoms with van der Waals surface area (Å²) in [6.45, 7) is 3.96. The second kappa shape index (κ2) is 7.14. The molecule has 25 heavy (non-hydrogen) atoms. The Labute approximate surface area is 149 Å². The SMILES string of the molecule is CCCCc1nc(C)c(CC(=O)ON2C(=O)c3ccccc3C2=O)s1. The molecule has 0 spiro atoms. The van der Waals surface area contributed by atoms with Crippen LogP contribution in [0.2, 0.25) is 0 Å². The third-order valence-corrected chi connectivity index (χ3v) is 5.15. The van der Waals surface area contributed by atoms with Crippen molar-refractivity contribution in [1.82, 2.24) is 10.0 Å². The highest BCUT2D eigenvalue weighted by molar-refractivity contribution is 7.11. The fourth-order valence-electron chi connectivity index (χ4n) is 2.60. The summed E-state index contributed by atoms with van der Waals surface area (Å²) in [4.78, 5) is 46.9. The number of aryl methyl sites for hydroxylation is 2. The van der Waals surface area contributed by atoms with Crippen LogP contribution in [0.15, 0.2) is 24.3 Å². The molecule has 0 fully saturated rings. The first-order chi connectivity index (χ1) is 12.0. The van der Waals surface area contributed by atoms with Crippen LogP contribution in [-0.2, 0) is 22.5 Å². The number of carbonyl (C=O) groups is 3. The Kier molecular flexibility index (Phi) is 4.94. The maximum absolute atomic E-state index is 12.2. The lowest BCUT2D eigenvalue weighted by atomic mass is 10.1. The summed E-state index contributed by atoms with van der Waals surface area (Å²) >= 11 is 1.47. The number of hydrogen-bond acceptors (Lipinski definition) is 6. The van der Waals surface area contributed by atoms with Crippen molar-refractivity contribution in [2.75, 3.05) is 0 Å². The third-order valence-electron chi connectivity index (χ3n) is 3.94. The number of hydrogen-bond donors (Lipinski definition) is 0. The first-order valence-electron chi connectivity index (χ1n) is 8.15. The molecule has 1 aliphatic rings. The summed E-state index contributed by atoms with van der Waals surface area (Å²) in [6, 6.07) is 6.40. The van der Waals surface area contributed by atoms with Crippen LogP contribution >= 0.6 is 11.3 Å². The molecule has 130 valence electrons. The van der Waals surface area contributed by atoms with Crippen molar-refractivity contribution in [3.05, 3.63) is 51.0 Å². The average molecular weight is 358 g/mol. The molecule has 1 aromatic carbocycles. The molecule has 0 unspecified atom stereocenters. The fourth-order valence-corrected chi connectivity index (χ4v) is 3.70. The van der Waals surface area contributed by atoms with Crippen LogP contribution in [0.4, 0.5) is 0 Å². The molecule has 2 heterocycles. The normalized spacial score (nSPS) is 13.3. The Bertz CT molecular complexity index is 808. The van der Waals surface area contributed by atoms with Gasteiger partial charge in [0.1, 0.15) is 0 Å². The van der Waals surface area contributed by atoms with E-state index in [1.54, 1.807) is 12.1 Å². The molecule has 0 N–H and O–H groups in total. The molecule has 2 aromatic rings. The van der Waals surface area contributed by atoms with Crippen LogP contribution in [0, 0.1) is 6.92 Å². The van der Waals surface area contributed by atoms with Gasteiger partial charge in [0, 0.05) is 4.88 Å². The maximum atomic E-state index is 12.2. The molecule has 0 atom stereocenters. The van der Waals surface area contributed by atoms with Gasteiger partial charge in [0.05, 0.1) is 28.2 Å². The second-order valence-electron chi connectivity index (χ2n) is 5.81. The van der Waals surface area contributed by atoms with Crippen LogP contribution in [0.5, 0.6) is 0 Å². The van der Waals surface area contributed by atoms with E-state index in [9.17, 15) is 14.4 Å². The zero-order valence-electron chi connectivity index (χ0n) is 14.1. The van der Waals surface area contributed by atoms with E-state index in [0.29, 0.717) is 5.06 Å². The summed E-state index contributed by atoms with van der Waals surface area (Å²) in [6.07, 6.45) is 3.00. The number of aromatic nitrogens is 1. The molecular weight excluding hydrogens is 340 g/mol. The molecule has 6 nitrogen and oxygen atoms in total. The monoisotopic (exact) mass is 358 g/mol. The fraction of sp³-hybridized carbons (Fsp3) is 0.333. The predicted molar refractivity (Wildman–Crippen MR) is 92.2 cm³/mol. The maximum Gasteiger partial charge on any atom is 0.338 e. The molecule has 0 bridgehead atoms. The number of carbonyl (C=O) groups excluding carboxylic acids is 3. The van der Waals surface area contributed by atoms with Gasteiger partial charge in [-0.05, 0) is 31.9 Å². The third kappa shape index (κ3) is 3.46. The van der Waals surface area contributed by atoms with Gasteiger partial charge in [-0.25, -0.2) is 9.78 Å².